The summed E-state index contributed by atoms with van der Waals surface area (Å²) >= 11 is 0. The van der Waals surface area contributed by atoms with Crippen molar-refractivity contribution in [3.05, 3.63) is 52.6 Å². The molecule has 1 N–H and O–H groups in total. The number of nitrogens with one attached hydrogen (secondary N) is 1. The first-order valence-electron chi connectivity index (χ1n) is 7.10. The quantitative estimate of drug-likeness (QED) is 0.778. The van der Waals surface area contributed by atoms with Crippen molar-refractivity contribution in [1.82, 2.24) is 0 Å². The zero-order valence-electron chi connectivity index (χ0n) is 12.0. The second-order valence-electron chi connectivity index (χ2n) is 5.65. The van der Waals surface area contributed by atoms with Crippen LogP contribution in [0.2, 0.25) is 0 Å². The normalized spacial score (nSPS) is 13.8. The molecule has 1 nitrogen and oxygen atoms in total. The molecule has 2 aromatic carbocycles. The minimum Gasteiger partial charge on any atom is -0.385 e. The van der Waals surface area contributed by atoms with Crippen molar-refractivity contribution in [1.29, 1.82) is 0 Å². The van der Waals surface area contributed by atoms with Gasteiger partial charge < -0.3 is 5.32 Å². The van der Waals surface area contributed by atoms with Crippen molar-refractivity contribution < 1.29 is 0 Å². The van der Waals surface area contributed by atoms with E-state index in [0.29, 0.717) is 0 Å². The van der Waals surface area contributed by atoms with E-state index in [4.69, 9.17) is 0 Å². The van der Waals surface area contributed by atoms with Crippen molar-refractivity contribution in [2.75, 3.05) is 11.9 Å². The van der Waals surface area contributed by atoms with E-state index in [0.717, 1.165) is 6.54 Å². The lowest BCUT2D eigenvalue weighted by molar-refractivity contribution is 0.830. The van der Waals surface area contributed by atoms with Crippen LogP contribution in [0.1, 0.15) is 28.7 Å². The van der Waals surface area contributed by atoms with Crippen LogP contribution in [0.4, 0.5) is 5.69 Å². The fourth-order valence-electron chi connectivity index (χ4n) is 2.90. The van der Waals surface area contributed by atoms with E-state index >= 15 is 0 Å². The molecule has 0 saturated carbocycles. The van der Waals surface area contributed by atoms with Crippen LogP contribution in [-0.4, -0.2) is 6.54 Å². The first kappa shape index (κ1) is 12.3. The smallest absolute Gasteiger partial charge is 0.0378 e. The lowest BCUT2D eigenvalue weighted by Gasteiger charge is -2.19. The molecule has 0 aliphatic carbocycles. The molecule has 0 spiro atoms. The van der Waals surface area contributed by atoms with Crippen molar-refractivity contribution in [2.24, 2.45) is 0 Å². The highest BCUT2D eigenvalue weighted by Gasteiger charge is 2.11. The summed E-state index contributed by atoms with van der Waals surface area (Å²) in [5.74, 6) is 0. The Bertz CT molecular complexity index is 626. The van der Waals surface area contributed by atoms with Gasteiger partial charge in [0.2, 0.25) is 0 Å². The van der Waals surface area contributed by atoms with Crippen LogP contribution in [0, 0.1) is 20.8 Å². The second-order valence-corrected chi connectivity index (χ2v) is 5.65. The maximum Gasteiger partial charge on any atom is 0.0378 e. The molecule has 0 bridgehead atoms. The number of fused-ring (bicyclic) bond motifs is 1. The van der Waals surface area contributed by atoms with Gasteiger partial charge in [-0.2, -0.15) is 0 Å². The first-order valence-corrected chi connectivity index (χ1v) is 7.10. The monoisotopic (exact) mass is 251 g/mol. The molecule has 19 heavy (non-hydrogen) atoms. The maximum absolute atomic E-state index is 3.52. The molecule has 1 aliphatic heterocycles. The van der Waals surface area contributed by atoms with Gasteiger partial charge in [0.25, 0.3) is 0 Å². The van der Waals surface area contributed by atoms with Crippen molar-refractivity contribution in [2.45, 2.75) is 33.6 Å². The largest absolute Gasteiger partial charge is 0.385 e. The number of aryl methyl sites for hydroxylation is 4. The van der Waals surface area contributed by atoms with E-state index in [1.54, 1.807) is 0 Å². The van der Waals surface area contributed by atoms with Crippen LogP contribution < -0.4 is 5.32 Å². The lowest BCUT2D eigenvalue weighted by atomic mass is 9.93. The third-order valence-electron chi connectivity index (χ3n) is 4.20. The summed E-state index contributed by atoms with van der Waals surface area (Å²) in [7, 11) is 0. The zero-order chi connectivity index (χ0) is 13.4. The zero-order valence-corrected chi connectivity index (χ0v) is 12.0. The highest BCUT2D eigenvalue weighted by Crippen LogP contribution is 2.31. The lowest BCUT2D eigenvalue weighted by Crippen LogP contribution is -2.11. The highest BCUT2D eigenvalue weighted by atomic mass is 14.9. The third-order valence-corrected chi connectivity index (χ3v) is 4.20. The Morgan fingerprint density at radius 2 is 1.68 bits per heavy atom. The molecule has 2 aromatic rings. The van der Waals surface area contributed by atoms with Gasteiger partial charge in [-0.15, -0.1) is 0 Å². The summed E-state index contributed by atoms with van der Waals surface area (Å²) in [6, 6.07) is 11.5. The van der Waals surface area contributed by atoms with E-state index < -0.39 is 0 Å². The van der Waals surface area contributed by atoms with E-state index in [1.165, 1.54) is 51.9 Å². The Kier molecular flexibility index (Phi) is 3.06. The fraction of sp³-hybridized carbons (Fsp3) is 0.333. The third kappa shape index (κ3) is 2.25. The number of rotatable bonds is 1. The fourth-order valence-corrected chi connectivity index (χ4v) is 2.90. The number of hydrogen-bond donors (Lipinski definition) is 1. The van der Waals surface area contributed by atoms with E-state index in [-0.39, 0.29) is 0 Å². The van der Waals surface area contributed by atoms with Gasteiger partial charge in [-0.25, -0.2) is 0 Å². The van der Waals surface area contributed by atoms with Crippen LogP contribution >= 0.6 is 0 Å². The van der Waals surface area contributed by atoms with Crippen molar-refractivity contribution >= 4 is 5.69 Å². The molecule has 0 fully saturated rings. The van der Waals surface area contributed by atoms with Crippen LogP contribution in [0.15, 0.2) is 30.3 Å². The predicted molar refractivity (Wildman–Crippen MR) is 82.9 cm³/mol. The molecule has 3 rings (SSSR count). The second kappa shape index (κ2) is 4.73. The van der Waals surface area contributed by atoms with Gasteiger partial charge in [-0.1, -0.05) is 24.3 Å². The van der Waals surface area contributed by atoms with E-state index in [9.17, 15) is 0 Å². The Labute approximate surface area is 115 Å². The number of benzene rings is 2. The van der Waals surface area contributed by atoms with Gasteiger partial charge in [0.05, 0.1) is 0 Å². The van der Waals surface area contributed by atoms with Gasteiger partial charge in [0.15, 0.2) is 0 Å². The van der Waals surface area contributed by atoms with Gasteiger partial charge in [-0.3, -0.25) is 0 Å². The van der Waals surface area contributed by atoms with Gasteiger partial charge in [-0.05, 0) is 73.1 Å². The molecule has 1 heteroatoms. The minimum atomic E-state index is 1.10. The molecule has 98 valence electrons. The standard InChI is InChI=1S/C18H21N/c1-12-9-14(3)17(10-13(12)2)16-7-6-15-5-4-8-19-18(15)11-16/h6-7,9-11,19H,4-5,8H2,1-3H3. The molecule has 0 unspecified atom stereocenters. The minimum absolute atomic E-state index is 1.10. The molecule has 0 radical (unpaired) electrons. The SMILES string of the molecule is Cc1cc(C)c(-c2ccc3c(c2)NCCC3)cc1C. The molecule has 0 saturated heterocycles. The molecule has 0 amide bonds. The Hall–Kier alpha value is -1.76. The van der Waals surface area contributed by atoms with Crippen molar-refractivity contribution in [3.8, 4) is 11.1 Å². The Morgan fingerprint density at radius 1 is 0.895 bits per heavy atom. The molecule has 0 atom stereocenters. The topological polar surface area (TPSA) is 12.0 Å². The Morgan fingerprint density at radius 3 is 2.53 bits per heavy atom. The van der Waals surface area contributed by atoms with Gasteiger partial charge in [0.1, 0.15) is 0 Å². The predicted octanol–water partition coefficient (Wildman–Crippen LogP) is 4.64. The average Bonchev–Trinajstić information content (AvgIpc) is 2.42. The van der Waals surface area contributed by atoms with Gasteiger partial charge >= 0.3 is 0 Å². The molecule has 1 aliphatic rings. The van der Waals surface area contributed by atoms with E-state index in [2.05, 4.69) is 56.4 Å². The summed E-state index contributed by atoms with van der Waals surface area (Å²) in [5, 5.41) is 3.52. The van der Waals surface area contributed by atoms with Crippen LogP contribution in [-0.2, 0) is 6.42 Å². The molecule has 0 aromatic heterocycles. The summed E-state index contributed by atoms with van der Waals surface area (Å²) in [6.45, 7) is 7.67. The Balaban J connectivity index is 2.09. The summed E-state index contributed by atoms with van der Waals surface area (Å²) in [4.78, 5) is 0. The number of anilines is 1. The maximum atomic E-state index is 3.52. The number of hydrogen-bond acceptors (Lipinski definition) is 1. The summed E-state index contributed by atoms with van der Waals surface area (Å²) in [5.41, 5.74) is 9.56. The van der Waals surface area contributed by atoms with E-state index in [1.807, 2.05) is 0 Å². The molecular weight excluding hydrogens is 230 g/mol. The van der Waals surface area contributed by atoms with Crippen LogP contribution in [0.3, 0.4) is 0 Å². The van der Waals surface area contributed by atoms with Crippen molar-refractivity contribution in [3.63, 3.8) is 0 Å². The molecular formula is C18H21N. The van der Waals surface area contributed by atoms with Gasteiger partial charge in [0, 0.05) is 12.2 Å². The summed E-state index contributed by atoms with van der Waals surface area (Å²) in [6.07, 6.45) is 2.45. The highest BCUT2D eigenvalue weighted by molar-refractivity contribution is 5.73. The molecule has 1 heterocycles. The van der Waals surface area contributed by atoms with Crippen LogP contribution in [0.5, 0.6) is 0 Å². The average molecular weight is 251 g/mol. The first-order chi connectivity index (χ1) is 9.15. The van der Waals surface area contributed by atoms with Crippen LogP contribution in [0.25, 0.3) is 11.1 Å². The summed E-state index contributed by atoms with van der Waals surface area (Å²) < 4.78 is 0.